The van der Waals surface area contributed by atoms with Crippen molar-refractivity contribution in [3.05, 3.63) is 12.2 Å². The number of hydrogen-bond donors (Lipinski definition) is 0. The Labute approximate surface area is 55.5 Å². The Morgan fingerprint density at radius 1 is 1.56 bits per heavy atom. The van der Waals surface area contributed by atoms with Gasteiger partial charge in [-0.05, 0) is 12.0 Å². The van der Waals surface area contributed by atoms with Gasteiger partial charge in [0.05, 0.1) is 13.2 Å². The van der Waals surface area contributed by atoms with Crippen LogP contribution in [0.5, 0.6) is 0 Å². The zero-order chi connectivity index (χ0) is 6.69. The fourth-order valence-corrected chi connectivity index (χ4v) is 0.761. The molecule has 9 heavy (non-hydrogen) atoms. The fourth-order valence-electron chi connectivity index (χ4n) is 0.761. The zero-order valence-electron chi connectivity index (χ0n) is 5.72. The monoisotopic (exact) mass is 128 g/mol. The van der Waals surface area contributed by atoms with Crippen LogP contribution in [0.25, 0.3) is 0 Å². The molecule has 52 valence electrons. The van der Waals surface area contributed by atoms with Gasteiger partial charge in [0.2, 0.25) is 0 Å². The quantitative estimate of drug-likeness (QED) is 0.522. The fraction of sp³-hybridized carbons (Fsp3) is 0.714. The molecule has 0 bridgehead atoms. The van der Waals surface area contributed by atoms with Gasteiger partial charge < -0.3 is 9.47 Å². The van der Waals surface area contributed by atoms with E-state index >= 15 is 0 Å². The molecule has 0 atom stereocenters. The van der Waals surface area contributed by atoms with Gasteiger partial charge in [0.1, 0.15) is 0 Å². The third-order valence-electron chi connectivity index (χ3n) is 1.41. The summed E-state index contributed by atoms with van der Waals surface area (Å²) in [5, 5.41) is 0. The number of rotatable bonds is 2. The Hall–Kier alpha value is -0.340. The Morgan fingerprint density at radius 2 is 2.11 bits per heavy atom. The van der Waals surface area contributed by atoms with Crippen molar-refractivity contribution in [2.24, 2.45) is 0 Å². The molecule has 0 spiro atoms. The van der Waals surface area contributed by atoms with Gasteiger partial charge >= 0.3 is 0 Å². The van der Waals surface area contributed by atoms with Crippen LogP contribution in [0.1, 0.15) is 13.3 Å². The molecule has 0 amide bonds. The summed E-state index contributed by atoms with van der Waals surface area (Å²) >= 11 is 0. The maximum absolute atomic E-state index is 5.18. The van der Waals surface area contributed by atoms with Crippen LogP contribution >= 0.6 is 0 Å². The molecule has 0 saturated carbocycles. The highest BCUT2D eigenvalue weighted by atomic mass is 16.7. The predicted octanol–water partition coefficient (Wildman–Crippen LogP) is 1.33. The third kappa shape index (κ3) is 1.53. The average molecular weight is 128 g/mol. The minimum atomic E-state index is -0.116. The Bertz CT molecular complexity index is 103. The number of hydrogen-bond acceptors (Lipinski definition) is 2. The van der Waals surface area contributed by atoms with Crippen molar-refractivity contribution in [1.29, 1.82) is 0 Å². The van der Waals surface area contributed by atoms with Gasteiger partial charge in [-0.25, -0.2) is 0 Å². The van der Waals surface area contributed by atoms with Gasteiger partial charge in [-0.2, -0.15) is 0 Å². The first kappa shape index (κ1) is 6.78. The standard InChI is InChI=1S/C7H12O2/c1-3-6(2)7-8-4-5-9-7/h7H,2-5H2,1H3. The minimum absolute atomic E-state index is 0.116. The van der Waals surface area contributed by atoms with E-state index in [0.29, 0.717) is 13.2 Å². The summed E-state index contributed by atoms with van der Waals surface area (Å²) in [7, 11) is 0. The lowest BCUT2D eigenvalue weighted by atomic mass is 10.2. The van der Waals surface area contributed by atoms with E-state index in [1.807, 2.05) is 6.92 Å². The maximum Gasteiger partial charge on any atom is 0.179 e. The smallest absolute Gasteiger partial charge is 0.179 e. The highest BCUT2D eigenvalue weighted by Gasteiger charge is 2.17. The van der Waals surface area contributed by atoms with Crippen LogP contribution in [-0.2, 0) is 9.47 Å². The van der Waals surface area contributed by atoms with E-state index in [0.717, 1.165) is 12.0 Å². The minimum Gasteiger partial charge on any atom is -0.346 e. The largest absolute Gasteiger partial charge is 0.346 e. The average Bonchev–Trinajstić information content (AvgIpc) is 2.37. The maximum atomic E-state index is 5.18. The van der Waals surface area contributed by atoms with Crippen LogP contribution in [0, 0.1) is 0 Å². The second-order valence-corrected chi connectivity index (χ2v) is 2.09. The summed E-state index contributed by atoms with van der Waals surface area (Å²) in [6.07, 6.45) is 0.819. The Balaban J connectivity index is 2.32. The third-order valence-corrected chi connectivity index (χ3v) is 1.41. The molecule has 1 rings (SSSR count). The first-order valence-corrected chi connectivity index (χ1v) is 3.25. The summed E-state index contributed by atoms with van der Waals surface area (Å²) in [6.45, 7) is 7.28. The van der Waals surface area contributed by atoms with E-state index in [-0.39, 0.29) is 6.29 Å². The molecule has 0 aliphatic carbocycles. The van der Waals surface area contributed by atoms with Gasteiger partial charge in [-0.1, -0.05) is 13.5 Å². The van der Waals surface area contributed by atoms with E-state index in [2.05, 4.69) is 6.58 Å². The lowest BCUT2D eigenvalue weighted by Crippen LogP contribution is -2.09. The van der Waals surface area contributed by atoms with Crippen molar-refractivity contribution in [2.75, 3.05) is 13.2 Å². The molecule has 1 heterocycles. The van der Waals surface area contributed by atoms with Crippen LogP contribution in [0.15, 0.2) is 12.2 Å². The molecule has 1 aliphatic rings. The molecule has 2 heteroatoms. The van der Waals surface area contributed by atoms with Crippen LogP contribution in [0.3, 0.4) is 0 Å². The summed E-state index contributed by atoms with van der Waals surface area (Å²) < 4.78 is 10.4. The van der Waals surface area contributed by atoms with E-state index < -0.39 is 0 Å². The topological polar surface area (TPSA) is 18.5 Å². The molecule has 0 aromatic carbocycles. The zero-order valence-corrected chi connectivity index (χ0v) is 5.72. The van der Waals surface area contributed by atoms with Crippen molar-refractivity contribution in [2.45, 2.75) is 19.6 Å². The van der Waals surface area contributed by atoms with Crippen LogP contribution in [0.4, 0.5) is 0 Å². The molecule has 1 aliphatic heterocycles. The summed E-state index contributed by atoms with van der Waals surface area (Å²) in [5.41, 5.74) is 1.03. The molecule has 0 radical (unpaired) electrons. The predicted molar refractivity (Wildman–Crippen MR) is 35.1 cm³/mol. The van der Waals surface area contributed by atoms with Crippen LogP contribution < -0.4 is 0 Å². The number of ether oxygens (including phenoxy) is 2. The second-order valence-electron chi connectivity index (χ2n) is 2.09. The van der Waals surface area contributed by atoms with Crippen molar-refractivity contribution in [1.82, 2.24) is 0 Å². The molecule has 0 unspecified atom stereocenters. The van der Waals surface area contributed by atoms with Crippen molar-refractivity contribution in [3.63, 3.8) is 0 Å². The van der Waals surface area contributed by atoms with E-state index in [4.69, 9.17) is 9.47 Å². The van der Waals surface area contributed by atoms with Gasteiger partial charge in [0, 0.05) is 0 Å². The summed E-state index contributed by atoms with van der Waals surface area (Å²) in [6, 6.07) is 0. The lowest BCUT2D eigenvalue weighted by molar-refractivity contribution is -0.0126. The van der Waals surface area contributed by atoms with Crippen molar-refractivity contribution < 1.29 is 9.47 Å². The normalized spacial score (nSPS) is 20.6. The summed E-state index contributed by atoms with van der Waals surface area (Å²) in [4.78, 5) is 0. The molecule has 1 saturated heterocycles. The molecule has 0 aromatic heterocycles. The van der Waals surface area contributed by atoms with Gasteiger partial charge in [0.25, 0.3) is 0 Å². The Kier molecular flexibility index (Phi) is 2.25. The summed E-state index contributed by atoms with van der Waals surface area (Å²) in [5.74, 6) is 0. The SMILES string of the molecule is C=C(CC)C1OCCO1. The van der Waals surface area contributed by atoms with E-state index in [1.54, 1.807) is 0 Å². The molecule has 1 fully saturated rings. The van der Waals surface area contributed by atoms with Gasteiger partial charge in [0.15, 0.2) is 6.29 Å². The second kappa shape index (κ2) is 2.99. The van der Waals surface area contributed by atoms with Crippen LogP contribution in [-0.4, -0.2) is 19.5 Å². The van der Waals surface area contributed by atoms with Crippen molar-refractivity contribution >= 4 is 0 Å². The van der Waals surface area contributed by atoms with E-state index in [9.17, 15) is 0 Å². The van der Waals surface area contributed by atoms with Gasteiger partial charge in [-0.15, -0.1) is 0 Å². The first-order valence-electron chi connectivity index (χ1n) is 3.25. The molecule has 0 aromatic rings. The molecular weight excluding hydrogens is 116 g/mol. The first-order chi connectivity index (χ1) is 4.34. The highest BCUT2D eigenvalue weighted by molar-refractivity contribution is 4.97. The van der Waals surface area contributed by atoms with E-state index in [1.165, 1.54) is 0 Å². The lowest BCUT2D eigenvalue weighted by Gasteiger charge is -2.08. The van der Waals surface area contributed by atoms with Gasteiger partial charge in [-0.3, -0.25) is 0 Å². The molecular formula is C7H12O2. The molecule has 2 nitrogen and oxygen atoms in total. The molecule has 0 N–H and O–H groups in total. The van der Waals surface area contributed by atoms with Crippen molar-refractivity contribution in [3.8, 4) is 0 Å². The van der Waals surface area contributed by atoms with Crippen LogP contribution in [0.2, 0.25) is 0 Å². The Morgan fingerprint density at radius 3 is 2.56 bits per heavy atom. The highest BCUT2D eigenvalue weighted by Crippen LogP contribution is 2.13.